The fourth-order valence-electron chi connectivity index (χ4n) is 2.93. The van der Waals surface area contributed by atoms with E-state index in [2.05, 4.69) is 9.59 Å². The zero-order valence-electron chi connectivity index (χ0n) is 15.2. The Kier molecular flexibility index (Phi) is 6.01. The zero-order valence-corrected chi connectivity index (χ0v) is 16.0. The van der Waals surface area contributed by atoms with Crippen molar-refractivity contribution in [1.29, 1.82) is 0 Å². The fraction of sp³-hybridized carbons (Fsp3) is 0.300. The Balaban J connectivity index is 1.17. The Morgan fingerprint density at radius 1 is 1.18 bits per heavy atom. The third kappa shape index (κ3) is 4.78. The minimum Gasteiger partial charge on any atom is -0.491 e. The Morgan fingerprint density at radius 2 is 2.00 bits per heavy atom. The average molecular weight is 400 g/mol. The van der Waals surface area contributed by atoms with E-state index in [9.17, 15) is 5.11 Å². The molecule has 1 aromatic heterocycles. The second kappa shape index (κ2) is 9.01. The standard InChI is InChI=1S/C20H21N3O4S/c24-15(9-21-10-17-12-26-19-3-1-2-4-20(19)27-17)11-25-16-7-5-14(6-8-16)18-13-28-23-22-18/h1-8,13,15,17,21,24H,9-12H2/p+1/t15-,17+/m0/s1. The average Bonchev–Trinajstić information content (AvgIpc) is 3.27. The molecule has 8 heteroatoms. The number of rotatable bonds is 8. The van der Waals surface area contributed by atoms with E-state index in [0.717, 1.165) is 22.8 Å². The lowest BCUT2D eigenvalue weighted by Gasteiger charge is -2.25. The number of hydrogen-bond acceptors (Lipinski definition) is 7. The lowest BCUT2D eigenvalue weighted by Crippen LogP contribution is -2.89. The molecule has 3 N–H and O–H groups in total. The Hall–Kier alpha value is -2.68. The van der Waals surface area contributed by atoms with Gasteiger partial charge in [0.05, 0.1) is 0 Å². The molecule has 2 heterocycles. The number of para-hydroxylation sites is 2. The molecule has 3 aromatic rings. The van der Waals surface area contributed by atoms with E-state index in [1.54, 1.807) is 0 Å². The van der Waals surface area contributed by atoms with Crippen LogP contribution in [0.1, 0.15) is 0 Å². The molecule has 1 aliphatic heterocycles. The van der Waals surface area contributed by atoms with Crippen molar-refractivity contribution in [2.45, 2.75) is 12.2 Å². The van der Waals surface area contributed by atoms with Crippen LogP contribution in [0.3, 0.4) is 0 Å². The summed E-state index contributed by atoms with van der Waals surface area (Å²) in [4.78, 5) is 0. The van der Waals surface area contributed by atoms with Crippen LogP contribution in [0.25, 0.3) is 11.3 Å². The zero-order chi connectivity index (χ0) is 19.2. The minimum absolute atomic E-state index is 0.0317. The van der Waals surface area contributed by atoms with Crippen molar-refractivity contribution in [2.24, 2.45) is 0 Å². The Labute approximate surface area is 167 Å². The summed E-state index contributed by atoms with van der Waals surface area (Å²) < 4.78 is 21.1. The molecule has 2 aromatic carbocycles. The molecule has 0 bridgehead atoms. The molecule has 0 fully saturated rings. The molecule has 0 amide bonds. The SMILES string of the molecule is O[C@@H](C[NH2+]C[C@@H]1COc2ccccc2O1)COc1ccc(-c2csnn2)cc1. The molecule has 0 saturated heterocycles. The van der Waals surface area contributed by atoms with Crippen LogP contribution in [0.2, 0.25) is 0 Å². The van der Waals surface area contributed by atoms with E-state index in [1.807, 2.05) is 59.2 Å². The van der Waals surface area contributed by atoms with Gasteiger partial charge in [0.25, 0.3) is 0 Å². The van der Waals surface area contributed by atoms with Gasteiger partial charge in [-0.3, -0.25) is 0 Å². The van der Waals surface area contributed by atoms with Crippen LogP contribution in [0.4, 0.5) is 0 Å². The first-order valence-electron chi connectivity index (χ1n) is 9.16. The van der Waals surface area contributed by atoms with Gasteiger partial charge in [-0.05, 0) is 47.9 Å². The molecule has 7 nitrogen and oxygen atoms in total. The predicted molar refractivity (Wildman–Crippen MR) is 105 cm³/mol. The molecule has 1 aliphatic rings. The number of aliphatic hydroxyl groups is 1. The molecule has 0 spiro atoms. The van der Waals surface area contributed by atoms with Gasteiger partial charge in [0, 0.05) is 10.9 Å². The van der Waals surface area contributed by atoms with Gasteiger partial charge in [-0.2, -0.15) is 0 Å². The molecular formula is C20H22N3O4S+. The van der Waals surface area contributed by atoms with Crippen LogP contribution < -0.4 is 19.5 Å². The molecule has 0 saturated carbocycles. The second-order valence-corrected chi connectivity index (χ2v) is 7.15. The van der Waals surface area contributed by atoms with Crippen molar-refractivity contribution in [1.82, 2.24) is 9.59 Å². The van der Waals surface area contributed by atoms with Gasteiger partial charge in [0.2, 0.25) is 0 Å². The first kappa shape index (κ1) is 18.7. The van der Waals surface area contributed by atoms with Crippen molar-refractivity contribution in [3.8, 4) is 28.5 Å². The molecule has 28 heavy (non-hydrogen) atoms. The summed E-state index contributed by atoms with van der Waals surface area (Å²) in [5.74, 6) is 2.27. The highest BCUT2D eigenvalue weighted by Crippen LogP contribution is 2.30. The van der Waals surface area contributed by atoms with Crippen LogP contribution in [-0.2, 0) is 0 Å². The van der Waals surface area contributed by atoms with Crippen molar-refractivity contribution in [2.75, 3.05) is 26.3 Å². The first-order chi connectivity index (χ1) is 13.8. The minimum atomic E-state index is -0.570. The van der Waals surface area contributed by atoms with Crippen molar-refractivity contribution >= 4 is 11.5 Å². The van der Waals surface area contributed by atoms with Crippen LogP contribution in [0, 0.1) is 0 Å². The second-order valence-electron chi connectivity index (χ2n) is 6.54. The highest BCUT2D eigenvalue weighted by atomic mass is 32.1. The number of hydrogen-bond donors (Lipinski definition) is 2. The van der Waals surface area contributed by atoms with Gasteiger partial charge >= 0.3 is 0 Å². The Morgan fingerprint density at radius 3 is 2.79 bits per heavy atom. The summed E-state index contributed by atoms with van der Waals surface area (Å²) in [6.07, 6.45) is -0.602. The lowest BCUT2D eigenvalue weighted by atomic mass is 10.2. The van der Waals surface area contributed by atoms with Gasteiger partial charge < -0.3 is 24.6 Å². The number of aliphatic hydroxyl groups excluding tert-OH is 1. The highest BCUT2D eigenvalue weighted by Gasteiger charge is 2.22. The number of fused-ring (bicyclic) bond motifs is 1. The maximum atomic E-state index is 10.2. The van der Waals surface area contributed by atoms with Crippen LogP contribution in [0.5, 0.6) is 17.2 Å². The van der Waals surface area contributed by atoms with Gasteiger partial charge in [-0.15, -0.1) is 5.10 Å². The van der Waals surface area contributed by atoms with Crippen LogP contribution in [-0.4, -0.2) is 53.2 Å². The Bertz CT molecular complexity index is 873. The van der Waals surface area contributed by atoms with E-state index in [4.69, 9.17) is 14.2 Å². The third-order valence-corrected chi connectivity index (χ3v) is 4.89. The number of nitrogens with zero attached hydrogens (tertiary/aromatic N) is 2. The summed E-state index contributed by atoms with van der Waals surface area (Å²) in [6.45, 7) is 1.99. The number of benzene rings is 2. The van der Waals surface area contributed by atoms with E-state index in [0.29, 0.717) is 25.4 Å². The first-order valence-corrected chi connectivity index (χ1v) is 10.00. The van der Waals surface area contributed by atoms with Gasteiger partial charge in [0.1, 0.15) is 43.9 Å². The van der Waals surface area contributed by atoms with Crippen molar-refractivity contribution in [3.63, 3.8) is 0 Å². The smallest absolute Gasteiger partial charge is 0.181 e. The van der Waals surface area contributed by atoms with Gasteiger partial charge in [-0.25, -0.2) is 0 Å². The number of nitrogens with two attached hydrogens (primary N) is 1. The van der Waals surface area contributed by atoms with E-state index < -0.39 is 6.10 Å². The summed E-state index contributed by atoms with van der Waals surface area (Å²) >= 11 is 1.32. The molecule has 0 radical (unpaired) electrons. The van der Waals surface area contributed by atoms with Crippen molar-refractivity contribution < 1.29 is 24.6 Å². The predicted octanol–water partition coefficient (Wildman–Crippen LogP) is 1.35. The maximum absolute atomic E-state index is 10.2. The van der Waals surface area contributed by atoms with E-state index in [-0.39, 0.29) is 12.7 Å². The quantitative estimate of drug-likeness (QED) is 0.593. The molecule has 0 aliphatic carbocycles. The summed E-state index contributed by atoms with van der Waals surface area (Å²) in [7, 11) is 0. The number of quaternary nitrogens is 1. The molecule has 0 unspecified atom stereocenters. The van der Waals surface area contributed by atoms with Crippen molar-refractivity contribution in [3.05, 3.63) is 53.9 Å². The number of ether oxygens (including phenoxy) is 3. The third-order valence-electron chi connectivity index (χ3n) is 4.39. The molecule has 2 atom stereocenters. The number of aromatic nitrogens is 2. The van der Waals surface area contributed by atoms with Gasteiger partial charge in [-0.1, -0.05) is 16.6 Å². The van der Waals surface area contributed by atoms with Gasteiger partial charge in [0.15, 0.2) is 17.6 Å². The summed E-state index contributed by atoms with van der Waals surface area (Å²) in [6, 6.07) is 15.3. The largest absolute Gasteiger partial charge is 0.491 e. The van der Waals surface area contributed by atoms with Crippen LogP contribution >= 0.6 is 11.5 Å². The fourth-order valence-corrected chi connectivity index (χ4v) is 3.39. The monoisotopic (exact) mass is 400 g/mol. The molecular weight excluding hydrogens is 378 g/mol. The van der Waals surface area contributed by atoms with E-state index >= 15 is 0 Å². The summed E-state index contributed by atoms with van der Waals surface area (Å²) in [5, 5.41) is 18.1. The van der Waals surface area contributed by atoms with Crippen LogP contribution in [0.15, 0.2) is 53.9 Å². The molecule has 4 rings (SSSR count). The maximum Gasteiger partial charge on any atom is 0.181 e. The summed E-state index contributed by atoms with van der Waals surface area (Å²) in [5.41, 5.74) is 1.84. The lowest BCUT2D eigenvalue weighted by molar-refractivity contribution is -0.666. The highest BCUT2D eigenvalue weighted by molar-refractivity contribution is 7.03. The topological polar surface area (TPSA) is 90.3 Å². The normalized spacial score (nSPS) is 16.5. The van der Waals surface area contributed by atoms with E-state index in [1.165, 1.54) is 11.5 Å². The molecule has 146 valence electrons.